The molecule has 1 rings (SSSR count). The minimum absolute atomic E-state index is 0.0300. The van der Waals surface area contributed by atoms with Crippen molar-refractivity contribution in [3.8, 4) is 0 Å². The summed E-state index contributed by atoms with van der Waals surface area (Å²) in [5.74, 6) is -0.237. The monoisotopic (exact) mass is 304 g/mol. The molecule has 6 heteroatoms. The van der Waals surface area contributed by atoms with Gasteiger partial charge in [-0.2, -0.15) is 0 Å². The van der Waals surface area contributed by atoms with E-state index < -0.39 is 0 Å². The molecule has 0 saturated carbocycles. The normalized spacial score (nSPS) is 12.2. The first-order valence-electron chi connectivity index (χ1n) is 6.03. The number of benzene rings is 1. The van der Waals surface area contributed by atoms with Gasteiger partial charge in [-0.1, -0.05) is 36.5 Å². The Balaban J connectivity index is 2.82. The third-order valence-electron chi connectivity index (χ3n) is 2.68. The van der Waals surface area contributed by atoms with Crippen LogP contribution in [0.2, 0.25) is 10.0 Å². The Morgan fingerprint density at radius 2 is 2.00 bits per heavy atom. The Morgan fingerprint density at radius 1 is 1.42 bits per heavy atom. The van der Waals surface area contributed by atoms with Crippen LogP contribution < -0.4 is 11.1 Å². The van der Waals surface area contributed by atoms with Gasteiger partial charge in [0.05, 0.1) is 28.4 Å². The maximum atomic E-state index is 12.1. The van der Waals surface area contributed by atoms with Gasteiger partial charge < -0.3 is 15.8 Å². The third-order valence-corrected chi connectivity index (χ3v) is 3.31. The van der Waals surface area contributed by atoms with Gasteiger partial charge in [0.25, 0.3) is 5.91 Å². The standard InChI is InChI=1S/C13H18Cl2N2O2/c1-3-4-9(7-19-2)17-13(18)8-5-10(14)12(16)11(15)6-8/h5-6,9H,3-4,7,16H2,1-2H3,(H,17,18). The van der Waals surface area contributed by atoms with Crippen molar-refractivity contribution in [2.75, 3.05) is 19.5 Å². The Kier molecular flexibility index (Phi) is 6.42. The molecule has 4 nitrogen and oxygen atoms in total. The number of nitrogens with one attached hydrogen (secondary N) is 1. The second-order valence-corrected chi connectivity index (χ2v) is 5.08. The molecule has 1 amide bonds. The van der Waals surface area contributed by atoms with Crippen LogP contribution in [0.5, 0.6) is 0 Å². The fourth-order valence-electron chi connectivity index (χ4n) is 1.73. The molecule has 3 N–H and O–H groups in total. The van der Waals surface area contributed by atoms with Gasteiger partial charge in [-0.3, -0.25) is 4.79 Å². The molecular weight excluding hydrogens is 287 g/mol. The van der Waals surface area contributed by atoms with Crippen molar-refractivity contribution in [1.82, 2.24) is 5.32 Å². The molecular formula is C13H18Cl2N2O2. The highest BCUT2D eigenvalue weighted by Gasteiger charge is 2.15. The first-order chi connectivity index (χ1) is 8.99. The first-order valence-corrected chi connectivity index (χ1v) is 6.79. The molecule has 0 radical (unpaired) electrons. The fraction of sp³-hybridized carbons (Fsp3) is 0.462. The lowest BCUT2D eigenvalue weighted by Gasteiger charge is -2.17. The van der Waals surface area contributed by atoms with Crippen LogP contribution in [0.15, 0.2) is 12.1 Å². The average Bonchev–Trinajstić information content (AvgIpc) is 2.35. The van der Waals surface area contributed by atoms with Crippen LogP contribution in [-0.2, 0) is 4.74 Å². The summed E-state index contributed by atoms with van der Waals surface area (Å²) in [6.07, 6.45) is 1.80. The zero-order valence-corrected chi connectivity index (χ0v) is 12.5. The Labute approximate surface area is 123 Å². The van der Waals surface area contributed by atoms with Crippen molar-refractivity contribution in [1.29, 1.82) is 0 Å². The second-order valence-electron chi connectivity index (χ2n) is 4.27. The molecule has 0 spiro atoms. The second kappa shape index (κ2) is 7.58. The van der Waals surface area contributed by atoms with E-state index in [1.807, 2.05) is 6.92 Å². The van der Waals surface area contributed by atoms with E-state index in [1.165, 1.54) is 12.1 Å². The predicted octanol–water partition coefficient (Wildman–Crippen LogP) is 3.12. The van der Waals surface area contributed by atoms with Crippen molar-refractivity contribution < 1.29 is 9.53 Å². The summed E-state index contributed by atoms with van der Waals surface area (Å²) in [5, 5.41) is 3.44. The van der Waals surface area contributed by atoms with E-state index in [0.717, 1.165) is 12.8 Å². The average molecular weight is 305 g/mol. The topological polar surface area (TPSA) is 64.3 Å². The number of carbonyl (C=O) groups excluding carboxylic acids is 1. The quantitative estimate of drug-likeness (QED) is 0.794. The lowest BCUT2D eigenvalue weighted by Crippen LogP contribution is -2.37. The maximum absolute atomic E-state index is 12.1. The van der Waals surface area contributed by atoms with Gasteiger partial charge in [-0.25, -0.2) is 0 Å². The number of nitrogens with two attached hydrogens (primary N) is 1. The van der Waals surface area contributed by atoms with Gasteiger partial charge >= 0.3 is 0 Å². The number of halogens is 2. The summed E-state index contributed by atoms with van der Waals surface area (Å²) >= 11 is 11.8. The van der Waals surface area contributed by atoms with Crippen LogP contribution in [-0.4, -0.2) is 25.7 Å². The number of ether oxygens (including phenoxy) is 1. The largest absolute Gasteiger partial charge is 0.396 e. The summed E-state index contributed by atoms with van der Waals surface area (Å²) in [7, 11) is 1.60. The molecule has 0 aliphatic heterocycles. The lowest BCUT2D eigenvalue weighted by atomic mass is 10.1. The predicted molar refractivity (Wildman–Crippen MR) is 78.9 cm³/mol. The molecule has 0 aromatic heterocycles. The molecule has 1 atom stereocenters. The number of carbonyl (C=O) groups is 1. The van der Waals surface area contributed by atoms with E-state index in [0.29, 0.717) is 12.2 Å². The zero-order valence-electron chi connectivity index (χ0n) is 11.0. The molecule has 19 heavy (non-hydrogen) atoms. The van der Waals surface area contributed by atoms with Crippen LogP contribution in [0, 0.1) is 0 Å². The summed E-state index contributed by atoms with van der Waals surface area (Å²) in [5.41, 5.74) is 6.30. The van der Waals surface area contributed by atoms with Crippen LogP contribution in [0.4, 0.5) is 5.69 Å². The molecule has 1 aromatic carbocycles. The van der Waals surface area contributed by atoms with Crippen molar-refractivity contribution >= 4 is 34.8 Å². The molecule has 106 valence electrons. The van der Waals surface area contributed by atoms with E-state index in [9.17, 15) is 4.79 Å². The Hall–Kier alpha value is -0.970. The molecule has 0 aliphatic carbocycles. The van der Waals surface area contributed by atoms with E-state index in [-0.39, 0.29) is 27.7 Å². The van der Waals surface area contributed by atoms with Crippen LogP contribution in [0.25, 0.3) is 0 Å². The number of hydrogen-bond donors (Lipinski definition) is 2. The van der Waals surface area contributed by atoms with Crippen molar-refractivity contribution in [3.05, 3.63) is 27.7 Å². The molecule has 0 fully saturated rings. The minimum atomic E-state index is -0.237. The van der Waals surface area contributed by atoms with Gasteiger partial charge in [-0.15, -0.1) is 0 Å². The van der Waals surface area contributed by atoms with Gasteiger partial charge in [0.15, 0.2) is 0 Å². The van der Waals surface area contributed by atoms with E-state index in [1.54, 1.807) is 7.11 Å². The molecule has 0 bridgehead atoms. The van der Waals surface area contributed by atoms with Gasteiger partial charge in [0.2, 0.25) is 0 Å². The molecule has 1 unspecified atom stereocenters. The summed E-state index contributed by atoms with van der Waals surface area (Å²) in [4.78, 5) is 12.1. The SMILES string of the molecule is CCCC(COC)NC(=O)c1cc(Cl)c(N)c(Cl)c1. The third kappa shape index (κ3) is 4.56. The van der Waals surface area contributed by atoms with E-state index in [2.05, 4.69) is 5.32 Å². The summed E-state index contributed by atoms with van der Waals surface area (Å²) in [6.45, 7) is 2.52. The Bertz CT molecular complexity index is 423. The molecule has 0 aliphatic rings. The molecule has 1 aromatic rings. The smallest absolute Gasteiger partial charge is 0.251 e. The number of nitrogen functional groups attached to an aromatic ring is 1. The van der Waals surface area contributed by atoms with Crippen LogP contribution in [0.3, 0.4) is 0 Å². The molecule has 0 heterocycles. The highest BCUT2D eigenvalue weighted by molar-refractivity contribution is 6.39. The van der Waals surface area contributed by atoms with Crippen LogP contribution in [0.1, 0.15) is 30.1 Å². The van der Waals surface area contributed by atoms with Gasteiger partial charge in [0, 0.05) is 12.7 Å². The number of rotatable bonds is 6. The number of amides is 1. The zero-order chi connectivity index (χ0) is 14.4. The molecule has 0 saturated heterocycles. The summed E-state index contributed by atoms with van der Waals surface area (Å²) < 4.78 is 5.07. The number of hydrogen-bond acceptors (Lipinski definition) is 3. The summed E-state index contributed by atoms with van der Waals surface area (Å²) in [6, 6.07) is 2.99. The minimum Gasteiger partial charge on any atom is -0.396 e. The van der Waals surface area contributed by atoms with Crippen LogP contribution >= 0.6 is 23.2 Å². The number of anilines is 1. The lowest BCUT2D eigenvalue weighted by molar-refractivity contribution is 0.0891. The van der Waals surface area contributed by atoms with E-state index >= 15 is 0 Å². The highest BCUT2D eigenvalue weighted by atomic mass is 35.5. The first kappa shape index (κ1) is 16.1. The van der Waals surface area contributed by atoms with Crippen molar-refractivity contribution in [2.45, 2.75) is 25.8 Å². The maximum Gasteiger partial charge on any atom is 0.251 e. The van der Waals surface area contributed by atoms with E-state index in [4.69, 9.17) is 33.7 Å². The van der Waals surface area contributed by atoms with Gasteiger partial charge in [0.1, 0.15) is 0 Å². The van der Waals surface area contributed by atoms with Gasteiger partial charge in [-0.05, 0) is 18.6 Å². The highest BCUT2D eigenvalue weighted by Crippen LogP contribution is 2.28. The van der Waals surface area contributed by atoms with Crippen molar-refractivity contribution in [3.63, 3.8) is 0 Å². The fourth-order valence-corrected chi connectivity index (χ4v) is 2.22. The van der Waals surface area contributed by atoms with Crippen molar-refractivity contribution in [2.24, 2.45) is 0 Å². The Morgan fingerprint density at radius 3 is 2.47 bits per heavy atom. The number of methoxy groups -OCH3 is 1.